The Morgan fingerprint density at radius 2 is 1.89 bits per heavy atom. The Morgan fingerprint density at radius 1 is 1.11 bits per heavy atom. The molecule has 5 rings (SSSR count). The van der Waals surface area contributed by atoms with Crippen molar-refractivity contribution in [1.29, 1.82) is 0 Å². The number of carbonyl (C=O) groups excluding carboxylic acids is 2. The number of aryl methyl sites for hydroxylation is 2. The highest BCUT2D eigenvalue weighted by Gasteiger charge is 2.60. The van der Waals surface area contributed by atoms with Gasteiger partial charge in [0, 0.05) is 11.3 Å². The molecule has 186 valence electrons. The molecule has 1 fully saturated rings. The SMILES string of the molecule is CCOc1cccc2c1O[C@@]1(C)[C@H](C(=O)Nc3ccc(C)cc3C)[C@@H]2NC(=O)N1Cc1ccccc1. The number of hydrogen-bond acceptors (Lipinski definition) is 4. The van der Waals surface area contributed by atoms with Gasteiger partial charge in [-0.05, 0) is 51.0 Å². The van der Waals surface area contributed by atoms with Crippen LogP contribution in [0.15, 0.2) is 66.7 Å². The minimum Gasteiger partial charge on any atom is -0.490 e. The summed E-state index contributed by atoms with van der Waals surface area (Å²) in [4.78, 5) is 29.0. The van der Waals surface area contributed by atoms with E-state index < -0.39 is 17.7 Å². The summed E-state index contributed by atoms with van der Waals surface area (Å²) in [5.41, 5.74) is 3.24. The van der Waals surface area contributed by atoms with Gasteiger partial charge in [-0.2, -0.15) is 0 Å². The number of nitrogens with zero attached hydrogens (tertiary/aromatic N) is 1. The molecule has 2 bridgehead atoms. The second-order valence-corrected chi connectivity index (χ2v) is 9.55. The molecule has 0 radical (unpaired) electrons. The van der Waals surface area contributed by atoms with E-state index in [1.54, 1.807) is 4.90 Å². The van der Waals surface area contributed by atoms with Crippen LogP contribution in [0, 0.1) is 19.8 Å². The fraction of sp³-hybridized carbons (Fsp3) is 0.310. The molecule has 0 aromatic heterocycles. The second-order valence-electron chi connectivity index (χ2n) is 9.55. The minimum absolute atomic E-state index is 0.222. The molecule has 0 spiro atoms. The molecular weight excluding hydrogens is 454 g/mol. The molecule has 7 nitrogen and oxygen atoms in total. The number of hydrogen-bond donors (Lipinski definition) is 2. The van der Waals surface area contributed by atoms with Crippen molar-refractivity contribution in [2.45, 2.75) is 46.0 Å². The van der Waals surface area contributed by atoms with Crippen molar-refractivity contribution < 1.29 is 19.1 Å². The number of urea groups is 1. The van der Waals surface area contributed by atoms with E-state index in [4.69, 9.17) is 9.47 Å². The Balaban J connectivity index is 1.59. The molecule has 2 heterocycles. The molecule has 1 saturated heterocycles. The van der Waals surface area contributed by atoms with Gasteiger partial charge in [-0.25, -0.2) is 4.79 Å². The van der Waals surface area contributed by atoms with Crippen LogP contribution in [0.2, 0.25) is 0 Å². The van der Waals surface area contributed by atoms with Gasteiger partial charge < -0.3 is 20.1 Å². The molecule has 0 saturated carbocycles. The lowest BCUT2D eigenvalue weighted by atomic mass is 9.78. The fourth-order valence-corrected chi connectivity index (χ4v) is 5.27. The van der Waals surface area contributed by atoms with Gasteiger partial charge in [0.2, 0.25) is 5.91 Å². The smallest absolute Gasteiger partial charge is 0.321 e. The van der Waals surface area contributed by atoms with E-state index >= 15 is 0 Å². The van der Waals surface area contributed by atoms with E-state index in [9.17, 15) is 9.59 Å². The van der Waals surface area contributed by atoms with E-state index in [2.05, 4.69) is 10.6 Å². The molecule has 3 aromatic carbocycles. The normalized spacial score (nSPS) is 22.2. The first kappa shape index (κ1) is 23.7. The highest BCUT2D eigenvalue weighted by atomic mass is 16.5. The summed E-state index contributed by atoms with van der Waals surface area (Å²) in [7, 11) is 0. The standard InChI is InChI=1S/C29H31N3O4/c1-5-35-23-13-9-12-21-25-24(27(33)30-22-15-14-18(2)16-19(22)3)29(4,36-26(21)23)32(28(34)31-25)17-20-10-7-6-8-11-20/h6-16,24-25H,5,17H2,1-4H3,(H,30,33)(H,31,34)/t24-,25+,29-/m0/s1. The van der Waals surface area contributed by atoms with Gasteiger partial charge in [0.15, 0.2) is 17.2 Å². The van der Waals surface area contributed by atoms with Crippen LogP contribution in [0.5, 0.6) is 11.5 Å². The largest absolute Gasteiger partial charge is 0.490 e. The average molecular weight is 486 g/mol. The summed E-state index contributed by atoms with van der Waals surface area (Å²) in [6.45, 7) is 8.47. The molecule has 0 aliphatic carbocycles. The maximum atomic E-state index is 13.9. The van der Waals surface area contributed by atoms with E-state index in [0.717, 1.165) is 27.9 Å². The Kier molecular flexibility index (Phi) is 6.08. The van der Waals surface area contributed by atoms with E-state index in [0.29, 0.717) is 18.1 Å². The van der Waals surface area contributed by atoms with Gasteiger partial charge in [0.25, 0.3) is 0 Å². The van der Waals surface area contributed by atoms with Crippen LogP contribution in [-0.2, 0) is 11.3 Å². The zero-order valence-electron chi connectivity index (χ0n) is 21.0. The van der Waals surface area contributed by atoms with E-state index in [-0.39, 0.29) is 18.5 Å². The van der Waals surface area contributed by atoms with Crippen LogP contribution in [0.1, 0.15) is 42.1 Å². The number of para-hydroxylation sites is 1. The Hall–Kier alpha value is -4.00. The van der Waals surface area contributed by atoms with Gasteiger partial charge in [-0.15, -0.1) is 0 Å². The van der Waals surface area contributed by atoms with Crippen LogP contribution in [0.4, 0.5) is 10.5 Å². The molecule has 3 amide bonds. The van der Waals surface area contributed by atoms with Gasteiger partial charge in [0.05, 0.1) is 19.2 Å². The summed E-state index contributed by atoms with van der Waals surface area (Å²) in [6.07, 6.45) is 0. The number of amides is 3. The third kappa shape index (κ3) is 4.04. The van der Waals surface area contributed by atoms with E-state index in [1.165, 1.54) is 0 Å². The van der Waals surface area contributed by atoms with Crippen molar-refractivity contribution in [3.8, 4) is 11.5 Å². The summed E-state index contributed by atoms with van der Waals surface area (Å²) in [5.74, 6) is 0.208. The maximum Gasteiger partial charge on any atom is 0.321 e. The Labute approximate surface area is 211 Å². The van der Waals surface area contributed by atoms with Gasteiger partial charge in [-0.1, -0.05) is 60.2 Å². The van der Waals surface area contributed by atoms with Crippen LogP contribution >= 0.6 is 0 Å². The van der Waals surface area contributed by atoms with Crippen molar-refractivity contribution >= 4 is 17.6 Å². The third-order valence-corrected chi connectivity index (χ3v) is 7.03. The van der Waals surface area contributed by atoms with Gasteiger partial charge >= 0.3 is 6.03 Å². The Morgan fingerprint density at radius 3 is 2.61 bits per heavy atom. The number of ether oxygens (including phenoxy) is 2. The number of fused-ring (bicyclic) bond motifs is 4. The van der Waals surface area contributed by atoms with Crippen LogP contribution < -0.4 is 20.1 Å². The lowest BCUT2D eigenvalue weighted by molar-refractivity contribution is -0.156. The third-order valence-electron chi connectivity index (χ3n) is 7.03. The van der Waals surface area contributed by atoms with Crippen molar-refractivity contribution in [1.82, 2.24) is 10.2 Å². The first-order valence-electron chi connectivity index (χ1n) is 12.3. The molecule has 3 atom stereocenters. The van der Waals surface area contributed by atoms with Crippen LogP contribution in [0.25, 0.3) is 0 Å². The number of anilines is 1. The second kappa shape index (κ2) is 9.22. The highest BCUT2D eigenvalue weighted by molar-refractivity contribution is 5.96. The molecular formula is C29H31N3O4. The van der Waals surface area contributed by atoms with Gasteiger partial charge in [-0.3, -0.25) is 9.69 Å². The molecule has 3 aromatic rings. The summed E-state index contributed by atoms with van der Waals surface area (Å²) in [6, 6.07) is 20.3. The number of nitrogens with one attached hydrogen (secondary N) is 2. The lowest BCUT2D eigenvalue weighted by Gasteiger charge is -2.54. The average Bonchev–Trinajstić information content (AvgIpc) is 2.85. The molecule has 36 heavy (non-hydrogen) atoms. The predicted octanol–water partition coefficient (Wildman–Crippen LogP) is 5.33. The van der Waals surface area contributed by atoms with Crippen molar-refractivity contribution in [2.75, 3.05) is 11.9 Å². The predicted molar refractivity (Wildman–Crippen MR) is 138 cm³/mol. The zero-order valence-corrected chi connectivity index (χ0v) is 21.0. The quantitative estimate of drug-likeness (QED) is 0.495. The summed E-state index contributed by atoms with van der Waals surface area (Å²) >= 11 is 0. The number of carbonyl (C=O) groups is 2. The van der Waals surface area contributed by atoms with E-state index in [1.807, 2.05) is 94.4 Å². The van der Waals surface area contributed by atoms with Crippen LogP contribution in [0.3, 0.4) is 0 Å². The van der Waals surface area contributed by atoms with Crippen molar-refractivity contribution in [3.63, 3.8) is 0 Å². The first-order valence-corrected chi connectivity index (χ1v) is 12.3. The lowest BCUT2D eigenvalue weighted by Crippen LogP contribution is -2.71. The highest BCUT2D eigenvalue weighted by Crippen LogP contribution is 2.52. The number of rotatable bonds is 6. The fourth-order valence-electron chi connectivity index (χ4n) is 5.27. The molecule has 0 unspecified atom stereocenters. The Bertz CT molecular complexity index is 1310. The maximum absolute atomic E-state index is 13.9. The zero-order chi connectivity index (χ0) is 25.4. The number of benzene rings is 3. The molecule has 2 aliphatic heterocycles. The van der Waals surface area contributed by atoms with Gasteiger partial charge in [0.1, 0.15) is 5.92 Å². The summed E-state index contributed by atoms with van der Waals surface area (Å²) < 4.78 is 12.5. The van der Waals surface area contributed by atoms with Crippen molar-refractivity contribution in [2.24, 2.45) is 5.92 Å². The van der Waals surface area contributed by atoms with Crippen LogP contribution in [-0.4, -0.2) is 29.2 Å². The molecule has 2 N–H and O–H groups in total. The first-order chi connectivity index (χ1) is 17.3. The minimum atomic E-state index is -1.26. The van der Waals surface area contributed by atoms with Crippen molar-refractivity contribution in [3.05, 3.63) is 89.0 Å². The molecule has 7 heteroatoms. The summed E-state index contributed by atoms with van der Waals surface area (Å²) in [5, 5.41) is 6.20. The topological polar surface area (TPSA) is 79.9 Å². The monoisotopic (exact) mass is 485 g/mol. The molecule has 2 aliphatic rings.